The molecule has 1 aliphatic heterocycles. The van der Waals surface area contributed by atoms with Crippen molar-refractivity contribution in [3.05, 3.63) is 132 Å². The van der Waals surface area contributed by atoms with Crippen LogP contribution < -0.4 is 10.6 Å². The third-order valence-corrected chi connectivity index (χ3v) is 9.37. The van der Waals surface area contributed by atoms with Gasteiger partial charge in [-0.3, -0.25) is 4.79 Å². The number of rotatable bonds is 9. The molecule has 4 aromatic carbocycles. The van der Waals surface area contributed by atoms with Crippen LogP contribution >= 0.6 is 7.92 Å². The van der Waals surface area contributed by atoms with E-state index in [0.29, 0.717) is 19.0 Å². The maximum Gasteiger partial charge on any atom is 0.416 e. The molecule has 0 radical (unpaired) electrons. The topological polar surface area (TPSA) is 46.6 Å². The second kappa shape index (κ2) is 12.0. The molecule has 1 fully saturated rings. The van der Waals surface area contributed by atoms with Crippen molar-refractivity contribution in [1.82, 2.24) is 4.90 Å². The molecular weight excluding hydrogens is 477 g/mol. The van der Waals surface area contributed by atoms with Gasteiger partial charge < -0.3 is 4.74 Å². The van der Waals surface area contributed by atoms with Gasteiger partial charge in [0.2, 0.25) is 5.91 Å². The van der Waals surface area contributed by atoms with E-state index in [1.54, 1.807) is 0 Å². The molecular formula is C32H30NO3P. The number of carbonyl (C=O) groups excluding carboxylic acids is 2. The van der Waals surface area contributed by atoms with Gasteiger partial charge in [0.15, 0.2) is 0 Å². The standard InChI is InChI=1S/C32H30NO3P/c34-31(33-28(23-36-32(33)35)22-26-15-7-2-8-16-26)27(21-25-13-5-1-6-14-25)24-37(29-17-9-3-10-18-29)30-19-11-4-12-20-30/h1-20,27-28H,21-24H2/t27-,28-/m0/s1. The largest absolute Gasteiger partial charge is 0.447 e. The molecule has 5 rings (SSSR count). The SMILES string of the molecule is O=C1OC[C@H](Cc2ccccc2)N1C(=O)[C@@H](Cc1ccccc1)CP(c1ccccc1)c1ccccc1. The van der Waals surface area contributed by atoms with E-state index in [1.807, 2.05) is 60.7 Å². The highest BCUT2D eigenvalue weighted by atomic mass is 31.1. The van der Waals surface area contributed by atoms with Crippen LogP contribution in [0.5, 0.6) is 0 Å². The van der Waals surface area contributed by atoms with Crippen LogP contribution in [0.1, 0.15) is 11.1 Å². The van der Waals surface area contributed by atoms with Crippen LogP contribution in [0.25, 0.3) is 0 Å². The number of cyclic esters (lactones) is 1. The number of amides is 2. The lowest BCUT2D eigenvalue weighted by Gasteiger charge is -2.28. The average Bonchev–Trinajstić information content (AvgIpc) is 3.32. The summed E-state index contributed by atoms with van der Waals surface area (Å²) in [5.74, 6) is -0.510. The molecule has 2 atom stereocenters. The Morgan fingerprint density at radius 2 is 1.24 bits per heavy atom. The Labute approximate surface area is 219 Å². The van der Waals surface area contributed by atoms with E-state index >= 15 is 0 Å². The fraction of sp³-hybridized carbons (Fsp3) is 0.188. The fourth-order valence-electron chi connectivity index (χ4n) is 4.89. The Kier molecular flexibility index (Phi) is 8.08. The molecule has 0 unspecified atom stereocenters. The van der Waals surface area contributed by atoms with E-state index in [4.69, 9.17) is 4.74 Å². The quantitative estimate of drug-likeness (QED) is 0.279. The Balaban J connectivity index is 1.47. The molecule has 186 valence electrons. The lowest BCUT2D eigenvalue weighted by Crippen LogP contribution is -2.45. The van der Waals surface area contributed by atoms with Gasteiger partial charge in [0, 0.05) is 5.92 Å². The lowest BCUT2D eigenvalue weighted by atomic mass is 9.98. The summed E-state index contributed by atoms with van der Waals surface area (Å²) in [5, 5.41) is 2.44. The molecule has 1 heterocycles. The average molecular weight is 508 g/mol. The normalized spacial score (nSPS) is 16.0. The predicted molar refractivity (Wildman–Crippen MR) is 150 cm³/mol. The lowest BCUT2D eigenvalue weighted by molar-refractivity contribution is -0.132. The fourth-order valence-corrected chi connectivity index (χ4v) is 7.40. The molecule has 0 N–H and O–H groups in total. The maximum absolute atomic E-state index is 14.2. The highest BCUT2D eigenvalue weighted by Crippen LogP contribution is 2.38. The first-order valence-electron chi connectivity index (χ1n) is 12.6. The predicted octanol–water partition coefficient (Wildman–Crippen LogP) is 5.57. The van der Waals surface area contributed by atoms with Gasteiger partial charge in [-0.1, -0.05) is 121 Å². The van der Waals surface area contributed by atoms with Crippen LogP contribution in [-0.2, 0) is 22.4 Å². The van der Waals surface area contributed by atoms with Crippen LogP contribution in [0.3, 0.4) is 0 Å². The third kappa shape index (κ3) is 6.15. The van der Waals surface area contributed by atoms with Crippen molar-refractivity contribution in [3.63, 3.8) is 0 Å². The summed E-state index contributed by atoms with van der Waals surface area (Å²) in [4.78, 5) is 28.5. The zero-order valence-corrected chi connectivity index (χ0v) is 21.5. The molecule has 0 bridgehead atoms. The van der Waals surface area contributed by atoms with Gasteiger partial charge in [-0.25, -0.2) is 9.69 Å². The summed E-state index contributed by atoms with van der Waals surface area (Å²) in [7, 11) is -0.810. The Morgan fingerprint density at radius 1 is 0.757 bits per heavy atom. The van der Waals surface area contributed by atoms with Crippen molar-refractivity contribution in [2.24, 2.45) is 5.92 Å². The van der Waals surface area contributed by atoms with Gasteiger partial charge in [-0.2, -0.15) is 0 Å². The number of benzene rings is 4. The summed E-state index contributed by atoms with van der Waals surface area (Å²) in [6.07, 6.45) is 1.27. The van der Waals surface area contributed by atoms with E-state index in [1.165, 1.54) is 15.5 Å². The molecule has 1 aliphatic rings. The zero-order valence-electron chi connectivity index (χ0n) is 20.6. The van der Waals surface area contributed by atoms with Crippen LogP contribution in [0, 0.1) is 5.92 Å². The maximum atomic E-state index is 14.2. The molecule has 1 saturated heterocycles. The molecule has 4 nitrogen and oxygen atoms in total. The van der Waals surface area contributed by atoms with E-state index in [-0.39, 0.29) is 24.5 Å². The number of hydrogen-bond acceptors (Lipinski definition) is 3. The minimum atomic E-state index is -0.810. The number of carbonyl (C=O) groups is 2. The smallest absolute Gasteiger partial charge is 0.416 e. The van der Waals surface area contributed by atoms with Crippen molar-refractivity contribution >= 4 is 30.5 Å². The summed E-state index contributed by atoms with van der Waals surface area (Å²) in [6.45, 7) is 0.226. The van der Waals surface area contributed by atoms with E-state index in [2.05, 4.69) is 60.7 Å². The summed E-state index contributed by atoms with van der Waals surface area (Å²) in [6, 6.07) is 40.6. The molecule has 0 saturated carbocycles. The highest BCUT2D eigenvalue weighted by Gasteiger charge is 2.41. The Morgan fingerprint density at radius 3 is 1.78 bits per heavy atom. The summed E-state index contributed by atoms with van der Waals surface area (Å²) in [5.41, 5.74) is 2.17. The second-order valence-electron chi connectivity index (χ2n) is 9.30. The molecule has 0 spiro atoms. The molecule has 5 heteroatoms. The Bertz CT molecular complexity index is 1260. The van der Waals surface area contributed by atoms with Gasteiger partial charge in [-0.05, 0) is 48.7 Å². The van der Waals surface area contributed by atoms with Crippen LogP contribution in [0.2, 0.25) is 0 Å². The first-order chi connectivity index (χ1) is 18.2. The number of nitrogens with zero attached hydrogens (tertiary/aromatic N) is 1. The number of ether oxygens (including phenoxy) is 1. The van der Waals surface area contributed by atoms with E-state index in [9.17, 15) is 9.59 Å². The van der Waals surface area contributed by atoms with Crippen molar-refractivity contribution in [2.45, 2.75) is 18.9 Å². The van der Waals surface area contributed by atoms with Crippen molar-refractivity contribution < 1.29 is 14.3 Å². The van der Waals surface area contributed by atoms with Crippen LogP contribution in [-0.4, -0.2) is 35.7 Å². The number of imide groups is 1. The minimum Gasteiger partial charge on any atom is -0.447 e. The van der Waals surface area contributed by atoms with Crippen molar-refractivity contribution in [1.29, 1.82) is 0 Å². The summed E-state index contributed by atoms with van der Waals surface area (Å²) < 4.78 is 5.42. The summed E-state index contributed by atoms with van der Waals surface area (Å²) >= 11 is 0. The highest BCUT2D eigenvalue weighted by molar-refractivity contribution is 7.73. The molecule has 0 aromatic heterocycles. The first-order valence-corrected chi connectivity index (χ1v) is 14.2. The van der Waals surface area contributed by atoms with Gasteiger partial charge in [-0.15, -0.1) is 0 Å². The monoisotopic (exact) mass is 507 g/mol. The first kappa shape index (κ1) is 24.9. The molecule has 37 heavy (non-hydrogen) atoms. The minimum absolute atomic E-state index is 0.147. The Hall–Kier alpha value is -3.75. The van der Waals surface area contributed by atoms with Gasteiger partial charge in [0.05, 0.1) is 6.04 Å². The van der Waals surface area contributed by atoms with Crippen molar-refractivity contribution in [2.75, 3.05) is 12.8 Å². The molecule has 0 aliphatic carbocycles. The second-order valence-corrected chi connectivity index (χ2v) is 11.6. The molecule has 4 aromatic rings. The number of hydrogen-bond donors (Lipinski definition) is 0. The van der Waals surface area contributed by atoms with Crippen LogP contribution in [0.15, 0.2) is 121 Å². The van der Waals surface area contributed by atoms with Gasteiger partial charge >= 0.3 is 6.09 Å². The van der Waals surface area contributed by atoms with E-state index in [0.717, 1.165) is 11.1 Å². The van der Waals surface area contributed by atoms with E-state index < -0.39 is 14.0 Å². The van der Waals surface area contributed by atoms with Gasteiger partial charge in [0.25, 0.3) is 0 Å². The molecule has 2 amide bonds. The zero-order chi connectivity index (χ0) is 25.5. The van der Waals surface area contributed by atoms with Crippen molar-refractivity contribution in [3.8, 4) is 0 Å². The third-order valence-electron chi connectivity index (χ3n) is 6.73. The van der Waals surface area contributed by atoms with Gasteiger partial charge in [0.1, 0.15) is 6.61 Å². The van der Waals surface area contributed by atoms with Crippen LogP contribution in [0.4, 0.5) is 4.79 Å².